The van der Waals surface area contributed by atoms with Crippen LogP contribution in [0.2, 0.25) is 0 Å². The lowest BCUT2D eigenvalue weighted by molar-refractivity contribution is -0.117. The van der Waals surface area contributed by atoms with Gasteiger partial charge >= 0.3 is 0 Å². The lowest BCUT2D eigenvalue weighted by atomic mass is 9.85. The van der Waals surface area contributed by atoms with Crippen molar-refractivity contribution in [2.24, 2.45) is 11.7 Å². The van der Waals surface area contributed by atoms with Crippen molar-refractivity contribution < 1.29 is 4.79 Å². The molecule has 1 heterocycles. The van der Waals surface area contributed by atoms with E-state index in [1.54, 1.807) is 0 Å². The van der Waals surface area contributed by atoms with Crippen LogP contribution in [0.5, 0.6) is 0 Å². The maximum Gasteiger partial charge on any atom is 0.241 e. The van der Waals surface area contributed by atoms with Crippen LogP contribution in [0.4, 0.5) is 5.69 Å². The first-order valence-corrected chi connectivity index (χ1v) is 8.67. The molecule has 1 aliphatic rings. The topological polar surface area (TPSA) is 96.7 Å². The molecule has 1 amide bonds. The van der Waals surface area contributed by atoms with Gasteiger partial charge in [-0.1, -0.05) is 44.2 Å². The Hall–Kier alpha value is -2.21. The number of hydrogen-bond acceptors (Lipinski definition) is 4. The molecule has 128 valence electrons. The van der Waals surface area contributed by atoms with Crippen molar-refractivity contribution in [3.05, 3.63) is 30.1 Å². The van der Waals surface area contributed by atoms with Gasteiger partial charge in [0.05, 0.1) is 6.04 Å². The fourth-order valence-corrected chi connectivity index (χ4v) is 3.33. The van der Waals surface area contributed by atoms with Gasteiger partial charge in [0.2, 0.25) is 5.91 Å². The molecule has 2 aromatic rings. The van der Waals surface area contributed by atoms with Gasteiger partial charge in [0, 0.05) is 11.3 Å². The number of benzene rings is 1. The molecule has 0 aliphatic heterocycles. The summed E-state index contributed by atoms with van der Waals surface area (Å²) in [6.07, 6.45) is 6.99. The first-order valence-electron chi connectivity index (χ1n) is 8.67. The zero-order valence-electron chi connectivity index (χ0n) is 14.1. The van der Waals surface area contributed by atoms with Crippen LogP contribution in [0, 0.1) is 12.8 Å². The Labute approximate surface area is 142 Å². The van der Waals surface area contributed by atoms with Crippen LogP contribution >= 0.6 is 0 Å². The number of anilines is 1. The first-order chi connectivity index (χ1) is 11.6. The van der Waals surface area contributed by atoms with E-state index < -0.39 is 6.04 Å². The van der Waals surface area contributed by atoms with Crippen molar-refractivity contribution in [3.63, 3.8) is 0 Å². The number of carbonyl (C=O) groups excluding carboxylic acids is 1. The van der Waals surface area contributed by atoms with Gasteiger partial charge < -0.3 is 11.1 Å². The molecule has 1 aromatic carbocycles. The smallest absolute Gasteiger partial charge is 0.241 e. The van der Waals surface area contributed by atoms with Crippen LogP contribution in [0.1, 0.15) is 44.3 Å². The second kappa shape index (κ2) is 7.57. The molecule has 6 nitrogen and oxygen atoms in total. The van der Waals surface area contributed by atoms with E-state index in [1.165, 1.54) is 32.1 Å². The number of nitrogens with one attached hydrogen (secondary N) is 2. The maximum atomic E-state index is 12.4. The summed E-state index contributed by atoms with van der Waals surface area (Å²) in [6, 6.07) is 7.06. The number of aromatic amines is 1. The number of carbonyl (C=O) groups is 1. The van der Waals surface area contributed by atoms with E-state index in [9.17, 15) is 4.79 Å². The molecule has 0 spiro atoms. The number of rotatable bonds is 5. The number of aryl methyl sites for hydroxylation is 1. The fraction of sp³-hybridized carbons (Fsp3) is 0.500. The normalized spacial score (nSPS) is 16.8. The highest BCUT2D eigenvalue weighted by Gasteiger charge is 2.21. The monoisotopic (exact) mass is 327 g/mol. The quantitative estimate of drug-likeness (QED) is 0.786. The Bertz CT molecular complexity index is 690. The number of nitrogens with zero attached hydrogens (tertiary/aromatic N) is 2. The number of aromatic nitrogens is 3. The Morgan fingerprint density at radius 2 is 2.17 bits per heavy atom. The average molecular weight is 327 g/mol. The molecular formula is C18H25N5O. The van der Waals surface area contributed by atoms with E-state index in [0.29, 0.717) is 11.7 Å². The average Bonchev–Trinajstić information content (AvgIpc) is 3.02. The molecule has 4 N–H and O–H groups in total. The molecule has 0 bridgehead atoms. The molecule has 0 radical (unpaired) electrons. The molecule has 0 saturated heterocycles. The van der Waals surface area contributed by atoms with E-state index in [0.717, 1.165) is 23.5 Å². The summed E-state index contributed by atoms with van der Waals surface area (Å²) in [5.41, 5.74) is 7.69. The molecule has 1 fully saturated rings. The molecule has 1 saturated carbocycles. The van der Waals surface area contributed by atoms with Gasteiger partial charge in [-0.25, -0.2) is 4.98 Å². The summed E-state index contributed by atoms with van der Waals surface area (Å²) < 4.78 is 0. The predicted molar refractivity (Wildman–Crippen MR) is 94.4 cm³/mol. The van der Waals surface area contributed by atoms with Gasteiger partial charge in [0.25, 0.3) is 0 Å². The van der Waals surface area contributed by atoms with Crippen LogP contribution in [-0.2, 0) is 4.79 Å². The van der Waals surface area contributed by atoms with Crippen molar-refractivity contribution >= 4 is 11.6 Å². The summed E-state index contributed by atoms with van der Waals surface area (Å²) in [6.45, 7) is 1.85. The summed E-state index contributed by atoms with van der Waals surface area (Å²) >= 11 is 0. The number of H-pyrrole nitrogens is 1. The van der Waals surface area contributed by atoms with Crippen molar-refractivity contribution in [1.29, 1.82) is 0 Å². The molecular weight excluding hydrogens is 302 g/mol. The zero-order chi connectivity index (χ0) is 16.9. The van der Waals surface area contributed by atoms with Crippen LogP contribution in [0.3, 0.4) is 0 Å². The van der Waals surface area contributed by atoms with Crippen LogP contribution in [-0.4, -0.2) is 27.1 Å². The second-order valence-electron chi connectivity index (χ2n) is 6.66. The Kier molecular flexibility index (Phi) is 5.25. The molecule has 1 unspecified atom stereocenters. The lowest BCUT2D eigenvalue weighted by Crippen LogP contribution is -2.37. The minimum Gasteiger partial charge on any atom is -0.325 e. The van der Waals surface area contributed by atoms with Gasteiger partial charge in [-0.05, 0) is 31.4 Å². The summed E-state index contributed by atoms with van der Waals surface area (Å²) in [5.74, 6) is 1.84. The summed E-state index contributed by atoms with van der Waals surface area (Å²) in [4.78, 5) is 16.7. The van der Waals surface area contributed by atoms with Crippen molar-refractivity contribution in [3.8, 4) is 11.4 Å². The van der Waals surface area contributed by atoms with Gasteiger partial charge in [-0.15, -0.1) is 0 Å². The minimum atomic E-state index is -0.456. The SMILES string of the molecule is Cc1nc(-c2cccc(NC(=O)C(N)CC3CCCCC3)c2)n[nH]1. The van der Waals surface area contributed by atoms with Crippen LogP contribution in [0.25, 0.3) is 11.4 Å². The van der Waals surface area contributed by atoms with Gasteiger partial charge in [-0.3, -0.25) is 9.89 Å². The summed E-state index contributed by atoms with van der Waals surface area (Å²) in [7, 11) is 0. The van der Waals surface area contributed by atoms with E-state index in [1.807, 2.05) is 31.2 Å². The van der Waals surface area contributed by atoms with E-state index >= 15 is 0 Å². The standard InChI is InChI=1S/C18H25N5O/c1-12-20-17(23-22-12)14-8-5-9-15(11-14)21-18(24)16(19)10-13-6-3-2-4-7-13/h5,8-9,11,13,16H,2-4,6-7,10,19H2,1H3,(H,21,24)(H,20,22,23). The van der Waals surface area contributed by atoms with Crippen LogP contribution in [0.15, 0.2) is 24.3 Å². The zero-order valence-corrected chi connectivity index (χ0v) is 14.1. The van der Waals surface area contributed by atoms with Gasteiger partial charge in [0.15, 0.2) is 5.82 Å². The van der Waals surface area contributed by atoms with Crippen LogP contribution < -0.4 is 11.1 Å². The third kappa shape index (κ3) is 4.20. The predicted octanol–water partition coefficient (Wildman–Crippen LogP) is 3.02. The fourth-order valence-electron chi connectivity index (χ4n) is 3.33. The maximum absolute atomic E-state index is 12.4. The number of nitrogens with two attached hydrogens (primary N) is 1. The Morgan fingerprint density at radius 1 is 1.38 bits per heavy atom. The lowest BCUT2D eigenvalue weighted by Gasteiger charge is -2.24. The first kappa shape index (κ1) is 16.6. The van der Waals surface area contributed by atoms with E-state index in [4.69, 9.17) is 5.73 Å². The molecule has 3 rings (SSSR count). The third-order valence-electron chi connectivity index (χ3n) is 4.63. The summed E-state index contributed by atoms with van der Waals surface area (Å²) in [5, 5.41) is 9.89. The van der Waals surface area contributed by atoms with Crippen molar-refractivity contribution in [2.45, 2.75) is 51.5 Å². The molecule has 1 atom stereocenters. The van der Waals surface area contributed by atoms with Crippen molar-refractivity contribution in [2.75, 3.05) is 5.32 Å². The highest BCUT2D eigenvalue weighted by Crippen LogP contribution is 2.27. The van der Waals surface area contributed by atoms with Gasteiger partial charge in [0.1, 0.15) is 5.82 Å². The van der Waals surface area contributed by atoms with Gasteiger partial charge in [-0.2, -0.15) is 5.10 Å². The molecule has 24 heavy (non-hydrogen) atoms. The minimum absolute atomic E-state index is 0.121. The second-order valence-corrected chi connectivity index (χ2v) is 6.66. The molecule has 1 aromatic heterocycles. The highest BCUT2D eigenvalue weighted by molar-refractivity contribution is 5.95. The van der Waals surface area contributed by atoms with E-state index in [-0.39, 0.29) is 5.91 Å². The third-order valence-corrected chi connectivity index (χ3v) is 4.63. The van der Waals surface area contributed by atoms with E-state index in [2.05, 4.69) is 20.5 Å². The molecule has 6 heteroatoms. The Morgan fingerprint density at radius 3 is 2.88 bits per heavy atom. The molecule has 1 aliphatic carbocycles. The number of hydrogen-bond donors (Lipinski definition) is 3. The highest BCUT2D eigenvalue weighted by atomic mass is 16.2. The number of amides is 1. The van der Waals surface area contributed by atoms with Crippen molar-refractivity contribution in [1.82, 2.24) is 15.2 Å². The largest absolute Gasteiger partial charge is 0.325 e. The Balaban J connectivity index is 1.61.